The number of rotatable bonds is 6. The van der Waals surface area contributed by atoms with Crippen molar-refractivity contribution in [2.45, 2.75) is 6.92 Å². The Morgan fingerprint density at radius 1 is 1.03 bits per heavy atom. The third-order valence-electron chi connectivity index (χ3n) is 5.94. The monoisotopic (exact) mass is 574 g/mol. The van der Waals surface area contributed by atoms with Crippen molar-refractivity contribution in [3.8, 4) is 5.75 Å². The molecular formula is C27H25Cl2FN4O3S. The van der Waals surface area contributed by atoms with Crippen molar-refractivity contribution < 1.29 is 18.7 Å². The van der Waals surface area contributed by atoms with Crippen LogP contribution in [0.1, 0.15) is 27.6 Å². The Morgan fingerprint density at radius 3 is 2.45 bits per heavy atom. The van der Waals surface area contributed by atoms with E-state index in [0.29, 0.717) is 59.8 Å². The lowest BCUT2D eigenvalue weighted by Gasteiger charge is -2.37. The van der Waals surface area contributed by atoms with Crippen LogP contribution in [0.4, 0.5) is 15.8 Å². The Morgan fingerprint density at radius 2 is 1.76 bits per heavy atom. The van der Waals surface area contributed by atoms with Gasteiger partial charge in [0.1, 0.15) is 11.6 Å². The summed E-state index contributed by atoms with van der Waals surface area (Å²) in [6.45, 7) is 4.15. The van der Waals surface area contributed by atoms with Crippen molar-refractivity contribution in [1.29, 1.82) is 0 Å². The largest absolute Gasteiger partial charge is 0.492 e. The van der Waals surface area contributed by atoms with Gasteiger partial charge in [-0.2, -0.15) is 0 Å². The van der Waals surface area contributed by atoms with Crippen LogP contribution >= 0.6 is 35.4 Å². The molecule has 0 aromatic heterocycles. The van der Waals surface area contributed by atoms with E-state index in [0.717, 1.165) is 5.69 Å². The maximum absolute atomic E-state index is 14.1. The lowest BCUT2D eigenvalue weighted by atomic mass is 10.1. The topological polar surface area (TPSA) is 73.9 Å². The highest BCUT2D eigenvalue weighted by Crippen LogP contribution is 2.30. The van der Waals surface area contributed by atoms with Gasteiger partial charge in [-0.25, -0.2) is 4.39 Å². The number of amides is 2. The predicted octanol–water partition coefficient (Wildman–Crippen LogP) is 5.62. The molecule has 1 aliphatic rings. The van der Waals surface area contributed by atoms with Gasteiger partial charge in [0.25, 0.3) is 11.8 Å². The molecule has 7 nitrogen and oxygen atoms in total. The minimum atomic E-state index is -0.535. The molecule has 0 radical (unpaired) electrons. The average molecular weight is 575 g/mol. The van der Waals surface area contributed by atoms with Crippen LogP contribution in [0.25, 0.3) is 0 Å². The number of nitrogens with one attached hydrogen (secondary N) is 2. The van der Waals surface area contributed by atoms with Crippen molar-refractivity contribution in [1.82, 2.24) is 10.2 Å². The molecule has 38 heavy (non-hydrogen) atoms. The summed E-state index contributed by atoms with van der Waals surface area (Å²) in [5, 5.41) is 6.59. The van der Waals surface area contributed by atoms with Crippen molar-refractivity contribution in [3.63, 3.8) is 0 Å². The van der Waals surface area contributed by atoms with Gasteiger partial charge in [-0.15, -0.1) is 0 Å². The highest BCUT2D eigenvalue weighted by atomic mass is 35.5. The van der Waals surface area contributed by atoms with Crippen LogP contribution in [0, 0.1) is 5.82 Å². The van der Waals surface area contributed by atoms with E-state index in [2.05, 4.69) is 15.5 Å². The first-order valence-corrected chi connectivity index (χ1v) is 13.1. The highest BCUT2D eigenvalue weighted by molar-refractivity contribution is 7.80. The summed E-state index contributed by atoms with van der Waals surface area (Å²) in [6, 6.07) is 16.0. The van der Waals surface area contributed by atoms with Crippen LogP contribution < -0.4 is 20.3 Å². The molecule has 1 saturated heterocycles. The number of piperazine rings is 1. The van der Waals surface area contributed by atoms with Gasteiger partial charge in [0.05, 0.1) is 28.6 Å². The summed E-state index contributed by atoms with van der Waals surface area (Å²) in [4.78, 5) is 29.2. The first-order valence-electron chi connectivity index (χ1n) is 11.9. The number of thiocarbonyl (C=S) groups is 1. The van der Waals surface area contributed by atoms with Crippen LogP contribution in [0.5, 0.6) is 5.75 Å². The number of benzene rings is 3. The molecule has 1 heterocycles. The van der Waals surface area contributed by atoms with Gasteiger partial charge in [-0.3, -0.25) is 14.9 Å². The Kier molecular flexibility index (Phi) is 9.04. The standard InChI is InChI=1S/C27H25Cl2FN4O3S/c1-2-37-24-10-7-17(15-20(24)29)25(35)32-27(38)31-22-16-18(28)8-9-23(22)33-11-13-34(14-12-33)26(36)19-5-3-4-6-21(19)30/h3-10,15-16H,2,11-14H2,1H3,(H2,31,32,35,38). The smallest absolute Gasteiger partial charge is 0.257 e. The number of ether oxygens (including phenoxy) is 1. The molecule has 198 valence electrons. The summed E-state index contributed by atoms with van der Waals surface area (Å²) >= 11 is 17.8. The fourth-order valence-corrected chi connectivity index (χ4v) is 4.69. The minimum absolute atomic E-state index is 0.0599. The van der Waals surface area contributed by atoms with Crippen molar-refractivity contribution in [2.24, 2.45) is 0 Å². The van der Waals surface area contributed by atoms with Gasteiger partial charge < -0.3 is 19.9 Å². The summed E-state index contributed by atoms with van der Waals surface area (Å²) in [7, 11) is 0. The molecule has 2 amide bonds. The van der Waals surface area contributed by atoms with E-state index in [4.69, 9.17) is 40.2 Å². The summed E-state index contributed by atoms with van der Waals surface area (Å²) in [5.74, 6) is -0.815. The fourth-order valence-electron chi connectivity index (χ4n) is 4.08. The molecule has 0 bridgehead atoms. The van der Waals surface area contributed by atoms with Gasteiger partial charge in [-0.1, -0.05) is 35.3 Å². The zero-order valence-corrected chi connectivity index (χ0v) is 22.8. The molecule has 1 fully saturated rings. The van der Waals surface area contributed by atoms with Crippen molar-refractivity contribution >= 4 is 63.7 Å². The van der Waals surface area contributed by atoms with E-state index in [1.165, 1.54) is 18.2 Å². The third-order valence-corrected chi connectivity index (χ3v) is 6.67. The van der Waals surface area contributed by atoms with Crippen molar-refractivity contribution in [3.05, 3.63) is 87.7 Å². The Bertz CT molecular complexity index is 1370. The Labute approximate surface area is 235 Å². The van der Waals surface area contributed by atoms with Gasteiger partial charge >= 0.3 is 0 Å². The van der Waals surface area contributed by atoms with Crippen LogP contribution in [0.3, 0.4) is 0 Å². The normalized spacial score (nSPS) is 13.2. The first kappa shape index (κ1) is 27.6. The molecular weight excluding hydrogens is 550 g/mol. The lowest BCUT2D eigenvalue weighted by molar-refractivity contribution is 0.0742. The van der Waals surface area contributed by atoms with Crippen LogP contribution in [0.2, 0.25) is 10.0 Å². The molecule has 0 spiro atoms. The van der Waals surface area contributed by atoms with Crippen LogP contribution in [-0.2, 0) is 0 Å². The summed E-state index contributed by atoms with van der Waals surface area (Å²) < 4.78 is 19.5. The van der Waals surface area contributed by atoms with E-state index in [1.807, 2.05) is 13.0 Å². The zero-order valence-electron chi connectivity index (χ0n) is 20.5. The van der Waals surface area contributed by atoms with Gasteiger partial charge in [-0.05, 0) is 67.7 Å². The van der Waals surface area contributed by atoms with E-state index in [-0.39, 0.29) is 16.6 Å². The first-order chi connectivity index (χ1) is 18.3. The van der Waals surface area contributed by atoms with E-state index in [1.54, 1.807) is 41.3 Å². The molecule has 0 atom stereocenters. The predicted molar refractivity (Wildman–Crippen MR) is 152 cm³/mol. The number of carbonyl (C=O) groups excluding carboxylic acids is 2. The van der Waals surface area contributed by atoms with E-state index < -0.39 is 11.7 Å². The molecule has 4 rings (SSSR count). The average Bonchev–Trinajstić information content (AvgIpc) is 2.90. The highest BCUT2D eigenvalue weighted by Gasteiger charge is 2.25. The fraction of sp³-hybridized carbons (Fsp3) is 0.222. The zero-order chi connectivity index (χ0) is 27.2. The SMILES string of the molecule is CCOc1ccc(C(=O)NC(=S)Nc2cc(Cl)ccc2N2CCN(C(=O)c3ccccc3F)CC2)cc1Cl. The second-order valence-electron chi connectivity index (χ2n) is 8.41. The Balaban J connectivity index is 1.41. The molecule has 0 saturated carbocycles. The van der Waals surface area contributed by atoms with Gasteiger partial charge in [0, 0.05) is 36.8 Å². The van der Waals surface area contributed by atoms with Gasteiger partial charge in [0.2, 0.25) is 0 Å². The number of nitrogens with zero attached hydrogens (tertiary/aromatic N) is 2. The third kappa shape index (κ3) is 6.53. The van der Waals surface area contributed by atoms with Crippen LogP contribution in [-0.4, -0.2) is 54.6 Å². The summed E-state index contributed by atoms with van der Waals surface area (Å²) in [5.41, 5.74) is 1.78. The van der Waals surface area contributed by atoms with Crippen molar-refractivity contribution in [2.75, 3.05) is 43.0 Å². The maximum Gasteiger partial charge on any atom is 0.257 e. The Hall–Kier alpha value is -3.40. The number of hydrogen-bond donors (Lipinski definition) is 2. The number of halogens is 3. The molecule has 0 aliphatic carbocycles. The number of anilines is 2. The quantitative estimate of drug-likeness (QED) is 0.372. The molecule has 0 unspecified atom stereocenters. The minimum Gasteiger partial charge on any atom is -0.492 e. The van der Waals surface area contributed by atoms with E-state index >= 15 is 0 Å². The van der Waals surface area contributed by atoms with E-state index in [9.17, 15) is 14.0 Å². The summed E-state index contributed by atoms with van der Waals surface area (Å²) in [6.07, 6.45) is 0. The molecule has 3 aromatic carbocycles. The molecule has 11 heteroatoms. The second-order valence-corrected chi connectivity index (χ2v) is 9.66. The second kappa shape index (κ2) is 12.4. The molecule has 1 aliphatic heterocycles. The van der Waals surface area contributed by atoms with Crippen LogP contribution in [0.15, 0.2) is 60.7 Å². The van der Waals surface area contributed by atoms with Gasteiger partial charge in [0.15, 0.2) is 5.11 Å². The number of hydrogen-bond acceptors (Lipinski definition) is 5. The number of carbonyl (C=O) groups is 2. The maximum atomic E-state index is 14.1. The molecule has 3 aromatic rings. The molecule has 2 N–H and O–H groups in total. The lowest BCUT2D eigenvalue weighted by Crippen LogP contribution is -2.49.